The Labute approximate surface area is 121 Å². The van der Waals surface area contributed by atoms with Crippen molar-refractivity contribution in [3.63, 3.8) is 0 Å². The van der Waals surface area contributed by atoms with Crippen LogP contribution in [0.4, 0.5) is 4.39 Å². The summed E-state index contributed by atoms with van der Waals surface area (Å²) < 4.78 is 19.5. The Morgan fingerprint density at radius 2 is 2.15 bits per heavy atom. The number of likely N-dealkylation sites (N-methyl/N-ethyl adjacent to an activating group) is 1. The van der Waals surface area contributed by atoms with Crippen molar-refractivity contribution >= 4 is 0 Å². The smallest absolute Gasteiger partial charge is 0.126 e. The van der Waals surface area contributed by atoms with Crippen LogP contribution in [0, 0.1) is 18.2 Å². The number of hydrogen-bond acceptors (Lipinski definition) is 2. The van der Waals surface area contributed by atoms with Crippen LogP contribution in [0.3, 0.4) is 0 Å². The number of hydrogen-bond donors (Lipinski definition) is 1. The lowest BCUT2D eigenvalue weighted by Gasteiger charge is -2.41. The van der Waals surface area contributed by atoms with E-state index in [4.69, 9.17) is 4.74 Å². The molecule has 0 saturated heterocycles. The molecule has 1 aromatic rings. The molecule has 1 saturated carbocycles. The highest BCUT2D eigenvalue weighted by Crippen LogP contribution is 2.37. The molecule has 3 heteroatoms. The summed E-state index contributed by atoms with van der Waals surface area (Å²) in [4.78, 5) is 0. The Bertz CT molecular complexity index is 458. The van der Waals surface area contributed by atoms with Crippen LogP contribution >= 0.6 is 0 Å². The first kappa shape index (κ1) is 15.3. The Hall–Kier alpha value is -1.09. The van der Waals surface area contributed by atoms with E-state index in [-0.39, 0.29) is 11.9 Å². The van der Waals surface area contributed by atoms with Crippen molar-refractivity contribution in [1.82, 2.24) is 5.32 Å². The van der Waals surface area contributed by atoms with E-state index in [0.717, 1.165) is 25.1 Å². The molecule has 2 atom stereocenters. The quantitative estimate of drug-likeness (QED) is 0.897. The molecule has 1 fully saturated rings. The molecule has 1 N–H and O–H groups in total. The lowest BCUT2D eigenvalue weighted by Crippen LogP contribution is -2.49. The van der Waals surface area contributed by atoms with Crippen molar-refractivity contribution in [1.29, 1.82) is 0 Å². The Balaban J connectivity index is 2.11. The molecule has 0 radical (unpaired) electrons. The van der Waals surface area contributed by atoms with Gasteiger partial charge in [0.1, 0.15) is 17.7 Å². The number of halogens is 1. The number of rotatable bonds is 4. The van der Waals surface area contributed by atoms with Crippen LogP contribution in [0.25, 0.3) is 0 Å². The maximum Gasteiger partial charge on any atom is 0.126 e. The highest BCUT2D eigenvalue weighted by molar-refractivity contribution is 5.29. The zero-order valence-electron chi connectivity index (χ0n) is 13.0. The molecule has 2 unspecified atom stereocenters. The standard InChI is InChI=1S/C17H26FNO/c1-5-19-15-8-9-17(3,4)11-16(15)20-13-6-7-14(18)12(2)10-13/h6-7,10,15-16,19H,5,8-9,11H2,1-4H3. The van der Waals surface area contributed by atoms with Crippen LogP contribution in [-0.2, 0) is 0 Å². The van der Waals surface area contributed by atoms with Crippen LogP contribution in [0.5, 0.6) is 5.75 Å². The molecule has 20 heavy (non-hydrogen) atoms. The first-order valence-corrected chi connectivity index (χ1v) is 7.57. The second kappa shape index (κ2) is 6.13. The topological polar surface area (TPSA) is 21.3 Å². The van der Waals surface area contributed by atoms with Crippen molar-refractivity contribution in [2.75, 3.05) is 6.54 Å². The van der Waals surface area contributed by atoms with E-state index >= 15 is 0 Å². The van der Waals surface area contributed by atoms with E-state index < -0.39 is 0 Å². The van der Waals surface area contributed by atoms with Gasteiger partial charge >= 0.3 is 0 Å². The van der Waals surface area contributed by atoms with Crippen molar-refractivity contribution < 1.29 is 9.13 Å². The van der Waals surface area contributed by atoms with Gasteiger partial charge in [0.05, 0.1) is 0 Å². The number of ether oxygens (including phenoxy) is 1. The van der Waals surface area contributed by atoms with Crippen molar-refractivity contribution in [2.45, 2.75) is 59.1 Å². The summed E-state index contributed by atoms with van der Waals surface area (Å²) >= 11 is 0. The summed E-state index contributed by atoms with van der Waals surface area (Å²) in [6.07, 6.45) is 3.53. The molecule has 1 aliphatic carbocycles. The molecule has 0 aromatic heterocycles. The van der Waals surface area contributed by atoms with Crippen molar-refractivity contribution in [2.24, 2.45) is 5.41 Å². The molecule has 1 aliphatic rings. The molecule has 0 spiro atoms. The monoisotopic (exact) mass is 279 g/mol. The van der Waals surface area contributed by atoms with Crippen LogP contribution < -0.4 is 10.1 Å². The average Bonchev–Trinajstić information content (AvgIpc) is 2.37. The number of aryl methyl sites for hydroxylation is 1. The Morgan fingerprint density at radius 1 is 1.40 bits per heavy atom. The molecule has 0 amide bonds. The van der Waals surface area contributed by atoms with E-state index in [2.05, 4.69) is 26.1 Å². The lowest BCUT2D eigenvalue weighted by molar-refractivity contribution is 0.0536. The summed E-state index contributed by atoms with van der Waals surface area (Å²) in [6, 6.07) is 5.40. The van der Waals surface area contributed by atoms with Crippen LogP contribution in [-0.4, -0.2) is 18.7 Å². The third-order valence-corrected chi connectivity index (χ3v) is 4.22. The summed E-state index contributed by atoms with van der Waals surface area (Å²) in [5, 5.41) is 3.52. The molecule has 1 aromatic carbocycles. The van der Waals surface area contributed by atoms with Crippen LogP contribution in [0.1, 0.15) is 45.6 Å². The highest BCUT2D eigenvalue weighted by atomic mass is 19.1. The maximum absolute atomic E-state index is 13.3. The van der Waals surface area contributed by atoms with E-state index in [1.807, 2.05) is 0 Å². The summed E-state index contributed by atoms with van der Waals surface area (Å²) in [5.41, 5.74) is 0.948. The molecular weight excluding hydrogens is 253 g/mol. The van der Waals surface area contributed by atoms with Gasteiger partial charge in [-0.1, -0.05) is 20.8 Å². The van der Waals surface area contributed by atoms with Gasteiger partial charge in [0.15, 0.2) is 0 Å². The first-order chi connectivity index (χ1) is 9.41. The molecule has 112 valence electrons. The fraction of sp³-hybridized carbons (Fsp3) is 0.647. The predicted octanol–water partition coefficient (Wildman–Crippen LogP) is 4.07. The highest BCUT2D eigenvalue weighted by Gasteiger charge is 2.35. The van der Waals surface area contributed by atoms with E-state index in [1.54, 1.807) is 19.1 Å². The average molecular weight is 279 g/mol. The predicted molar refractivity (Wildman–Crippen MR) is 80.6 cm³/mol. The van der Waals surface area contributed by atoms with E-state index in [9.17, 15) is 4.39 Å². The largest absolute Gasteiger partial charge is 0.489 e. The minimum atomic E-state index is -0.176. The summed E-state index contributed by atoms with van der Waals surface area (Å²) in [6.45, 7) is 9.43. The van der Waals surface area contributed by atoms with Gasteiger partial charge in [-0.15, -0.1) is 0 Å². The molecular formula is C17H26FNO. The lowest BCUT2D eigenvalue weighted by atomic mass is 9.74. The van der Waals surface area contributed by atoms with Crippen molar-refractivity contribution in [3.05, 3.63) is 29.6 Å². The molecule has 0 aliphatic heterocycles. The van der Waals surface area contributed by atoms with Gasteiger partial charge in [-0.05, 0) is 61.9 Å². The van der Waals surface area contributed by atoms with Gasteiger partial charge in [0, 0.05) is 6.04 Å². The van der Waals surface area contributed by atoms with E-state index in [1.165, 1.54) is 12.5 Å². The van der Waals surface area contributed by atoms with Gasteiger partial charge < -0.3 is 10.1 Å². The molecule has 0 heterocycles. The SMILES string of the molecule is CCNC1CCC(C)(C)CC1Oc1ccc(F)c(C)c1. The zero-order chi connectivity index (χ0) is 14.8. The van der Waals surface area contributed by atoms with Gasteiger partial charge in [0.25, 0.3) is 0 Å². The van der Waals surface area contributed by atoms with Crippen molar-refractivity contribution in [3.8, 4) is 5.75 Å². The molecule has 2 rings (SSSR count). The second-order valence-electron chi connectivity index (χ2n) is 6.64. The van der Waals surface area contributed by atoms with Gasteiger partial charge in [0.2, 0.25) is 0 Å². The van der Waals surface area contributed by atoms with E-state index in [0.29, 0.717) is 17.0 Å². The third kappa shape index (κ3) is 3.72. The van der Waals surface area contributed by atoms with Crippen LogP contribution in [0.2, 0.25) is 0 Å². The Morgan fingerprint density at radius 3 is 2.80 bits per heavy atom. The minimum Gasteiger partial charge on any atom is -0.489 e. The third-order valence-electron chi connectivity index (χ3n) is 4.22. The molecule has 2 nitrogen and oxygen atoms in total. The Kier molecular flexibility index (Phi) is 4.69. The minimum absolute atomic E-state index is 0.156. The fourth-order valence-corrected chi connectivity index (χ4v) is 3.01. The maximum atomic E-state index is 13.3. The normalized spacial score (nSPS) is 25.4. The number of nitrogens with one attached hydrogen (secondary N) is 1. The summed E-state index contributed by atoms with van der Waals surface area (Å²) in [5.74, 6) is 0.596. The zero-order valence-corrected chi connectivity index (χ0v) is 13.0. The van der Waals surface area contributed by atoms with Crippen LogP contribution in [0.15, 0.2) is 18.2 Å². The molecule has 0 bridgehead atoms. The second-order valence-corrected chi connectivity index (χ2v) is 6.64. The van der Waals surface area contributed by atoms with Gasteiger partial charge in [-0.2, -0.15) is 0 Å². The number of benzene rings is 1. The van der Waals surface area contributed by atoms with Gasteiger partial charge in [-0.3, -0.25) is 0 Å². The first-order valence-electron chi connectivity index (χ1n) is 7.57. The van der Waals surface area contributed by atoms with Gasteiger partial charge in [-0.25, -0.2) is 4.39 Å². The summed E-state index contributed by atoms with van der Waals surface area (Å²) in [7, 11) is 0. The fourth-order valence-electron chi connectivity index (χ4n) is 3.01.